The Balaban J connectivity index is 2.26. The van der Waals surface area contributed by atoms with Crippen LogP contribution in [0.15, 0.2) is 29.6 Å². The summed E-state index contributed by atoms with van der Waals surface area (Å²) in [5, 5.41) is 5.99. The molecular weight excluding hydrogens is 269 g/mol. The molecular formula is C14H15ClFNS. The van der Waals surface area contributed by atoms with Gasteiger partial charge in [-0.3, -0.25) is 0 Å². The quantitative estimate of drug-likeness (QED) is 0.879. The number of hydrogen-bond acceptors (Lipinski definition) is 2. The maximum atomic E-state index is 13.3. The number of rotatable bonds is 4. The molecule has 1 N–H and O–H groups in total. The molecule has 0 amide bonds. The van der Waals surface area contributed by atoms with Crippen LogP contribution >= 0.6 is 22.9 Å². The molecule has 0 saturated heterocycles. The van der Waals surface area contributed by atoms with Gasteiger partial charge in [-0.15, -0.1) is 11.3 Å². The van der Waals surface area contributed by atoms with Gasteiger partial charge in [0.15, 0.2) is 0 Å². The van der Waals surface area contributed by atoms with E-state index in [0.717, 1.165) is 27.4 Å². The molecule has 96 valence electrons. The van der Waals surface area contributed by atoms with Crippen molar-refractivity contribution in [3.05, 3.63) is 56.5 Å². The molecule has 1 nitrogen and oxygen atoms in total. The lowest BCUT2D eigenvalue weighted by atomic mass is 10.00. The second kappa shape index (κ2) is 5.83. The van der Waals surface area contributed by atoms with E-state index in [4.69, 9.17) is 11.6 Å². The molecule has 0 saturated carbocycles. The van der Waals surface area contributed by atoms with E-state index >= 15 is 0 Å². The summed E-state index contributed by atoms with van der Waals surface area (Å²) in [5.74, 6) is -0.192. The van der Waals surface area contributed by atoms with Gasteiger partial charge < -0.3 is 5.32 Å². The summed E-state index contributed by atoms with van der Waals surface area (Å²) in [6.07, 6.45) is 0.736. The highest BCUT2D eigenvalue weighted by Crippen LogP contribution is 2.31. The summed E-state index contributed by atoms with van der Waals surface area (Å²) in [6, 6.07) is 6.92. The van der Waals surface area contributed by atoms with Crippen LogP contribution in [0.4, 0.5) is 4.39 Å². The van der Waals surface area contributed by atoms with Crippen LogP contribution in [0.25, 0.3) is 0 Å². The molecule has 0 aliphatic carbocycles. The summed E-state index contributed by atoms with van der Waals surface area (Å²) in [6.45, 7) is 2.00. The zero-order chi connectivity index (χ0) is 13.1. The monoisotopic (exact) mass is 283 g/mol. The van der Waals surface area contributed by atoms with E-state index < -0.39 is 0 Å². The highest BCUT2D eigenvalue weighted by atomic mass is 35.5. The maximum absolute atomic E-state index is 13.3. The smallest absolute Gasteiger partial charge is 0.123 e. The molecule has 4 heteroatoms. The Bertz CT molecular complexity index is 538. The van der Waals surface area contributed by atoms with E-state index in [1.165, 1.54) is 6.07 Å². The number of nitrogens with one attached hydrogen (secondary N) is 1. The second-order valence-electron chi connectivity index (χ2n) is 4.25. The Hall–Kier alpha value is -0.900. The minimum atomic E-state index is -0.192. The van der Waals surface area contributed by atoms with Crippen molar-refractivity contribution in [3.8, 4) is 0 Å². The molecule has 0 aliphatic rings. The third-order valence-electron chi connectivity index (χ3n) is 3.04. The third kappa shape index (κ3) is 2.91. The van der Waals surface area contributed by atoms with Crippen LogP contribution in [0.3, 0.4) is 0 Å². The zero-order valence-electron chi connectivity index (χ0n) is 10.3. The Kier molecular flexibility index (Phi) is 4.38. The summed E-state index contributed by atoms with van der Waals surface area (Å²) in [5.41, 5.74) is 2.11. The zero-order valence-corrected chi connectivity index (χ0v) is 11.9. The lowest BCUT2D eigenvalue weighted by Crippen LogP contribution is -2.18. The standard InChI is InChI=1S/C14H15ClFNS/c1-9-3-4-11(16)7-10(9)8-13(17-2)14-12(15)5-6-18-14/h3-7,13,17H,8H2,1-2H3. The first-order chi connectivity index (χ1) is 8.61. The molecule has 2 rings (SSSR count). The van der Waals surface area contributed by atoms with Gasteiger partial charge in [0.25, 0.3) is 0 Å². The number of halogens is 2. The number of likely N-dealkylation sites (N-methyl/N-ethyl adjacent to an activating group) is 1. The fourth-order valence-electron chi connectivity index (χ4n) is 1.96. The Labute approximate surface area is 116 Å². The van der Waals surface area contributed by atoms with Gasteiger partial charge in [0.05, 0.1) is 5.02 Å². The normalized spacial score (nSPS) is 12.7. The fourth-order valence-corrected chi connectivity index (χ4v) is 3.26. The van der Waals surface area contributed by atoms with E-state index in [9.17, 15) is 4.39 Å². The number of aryl methyl sites for hydroxylation is 1. The molecule has 0 bridgehead atoms. The minimum absolute atomic E-state index is 0.123. The van der Waals surface area contributed by atoms with Crippen molar-refractivity contribution in [3.63, 3.8) is 0 Å². The molecule has 0 radical (unpaired) electrons. The van der Waals surface area contributed by atoms with Crippen molar-refractivity contribution in [2.45, 2.75) is 19.4 Å². The van der Waals surface area contributed by atoms with Gasteiger partial charge in [0, 0.05) is 10.9 Å². The first-order valence-corrected chi connectivity index (χ1v) is 7.02. The van der Waals surface area contributed by atoms with Gasteiger partial charge in [0.2, 0.25) is 0 Å². The molecule has 18 heavy (non-hydrogen) atoms. The van der Waals surface area contributed by atoms with Gasteiger partial charge >= 0.3 is 0 Å². The van der Waals surface area contributed by atoms with Crippen molar-refractivity contribution in [1.29, 1.82) is 0 Å². The Morgan fingerprint density at radius 2 is 2.17 bits per heavy atom. The maximum Gasteiger partial charge on any atom is 0.123 e. The van der Waals surface area contributed by atoms with Crippen LogP contribution < -0.4 is 5.32 Å². The van der Waals surface area contributed by atoms with Crippen molar-refractivity contribution in [2.24, 2.45) is 0 Å². The second-order valence-corrected chi connectivity index (χ2v) is 5.60. The van der Waals surface area contributed by atoms with Crippen LogP contribution in [0.2, 0.25) is 5.02 Å². The van der Waals surface area contributed by atoms with Gasteiger partial charge in [-0.25, -0.2) is 4.39 Å². The van der Waals surface area contributed by atoms with Gasteiger partial charge in [-0.1, -0.05) is 17.7 Å². The molecule has 1 aromatic heterocycles. The van der Waals surface area contributed by atoms with Crippen LogP contribution in [0, 0.1) is 12.7 Å². The topological polar surface area (TPSA) is 12.0 Å². The predicted octanol–water partition coefficient (Wildman–Crippen LogP) is 4.35. The van der Waals surface area contributed by atoms with Crippen LogP contribution in [-0.4, -0.2) is 7.05 Å². The van der Waals surface area contributed by atoms with Crippen LogP contribution in [0.5, 0.6) is 0 Å². The van der Waals surface area contributed by atoms with E-state index in [1.807, 2.05) is 31.5 Å². The van der Waals surface area contributed by atoms with Crippen molar-refractivity contribution in [2.75, 3.05) is 7.05 Å². The van der Waals surface area contributed by atoms with E-state index in [0.29, 0.717) is 0 Å². The first-order valence-electron chi connectivity index (χ1n) is 5.77. The summed E-state index contributed by atoms with van der Waals surface area (Å²) in [4.78, 5) is 1.10. The molecule has 2 aromatic rings. The number of thiophene rings is 1. The summed E-state index contributed by atoms with van der Waals surface area (Å²) < 4.78 is 13.3. The highest BCUT2D eigenvalue weighted by molar-refractivity contribution is 7.10. The Morgan fingerprint density at radius 1 is 1.39 bits per heavy atom. The molecule has 0 aliphatic heterocycles. The molecule has 0 fully saturated rings. The van der Waals surface area contributed by atoms with Crippen molar-refractivity contribution in [1.82, 2.24) is 5.32 Å². The lowest BCUT2D eigenvalue weighted by molar-refractivity contribution is 0.590. The third-order valence-corrected chi connectivity index (χ3v) is 4.52. The molecule has 1 unspecified atom stereocenters. The van der Waals surface area contributed by atoms with Gasteiger partial charge in [0.1, 0.15) is 5.82 Å². The summed E-state index contributed by atoms with van der Waals surface area (Å²) in [7, 11) is 1.90. The number of benzene rings is 1. The van der Waals surface area contributed by atoms with E-state index in [-0.39, 0.29) is 11.9 Å². The van der Waals surface area contributed by atoms with Crippen LogP contribution in [-0.2, 0) is 6.42 Å². The Morgan fingerprint density at radius 3 is 2.78 bits per heavy atom. The van der Waals surface area contributed by atoms with Crippen molar-refractivity contribution >= 4 is 22.9 Å². The molecule has 1 aromatic carbocycles. The van der Waals surface area contributed by atoms with E-state index in [1.54, 1.807) is 17.4 Å². The summed E-state index contributed by atoms with van der Waals surface area (Å²) >= 11 is 7.77. The number of hydrogen-bond donors (Lipinski definition) is 1. The van der Waals surface area contributed by atoms with Crippen LogP contribution in [0.1, 0.15) is 22.0 Å². The minimum Gasteiger partial charge on any atom is -0.312 e. The van der Waals surface area contributed by atoms with Gasteiger partial charge in [-0.05, 0) is 55.1 Å². The molecule has 1 atom stereocenters. The highest BCUT2D eigenvalue weighted by Gasteiger charge is 2.16. The molecule has 0 spiro atoms. The molecule has 1 heterocycles. The lowest BCUT2D eigenvalue weighted by Gasteiger charge is -2.17. The average molecular weight is 284 g/mol. The largest absolute Gasteiger partial charge is 0.312 e. The predicted molar refractivity (Wildman–Crippen MR) is 76.0 cm³/mol. The van der Waals surface area contributed by atoms with Crippen molar-refractivity contribution < 1.29 is 4.39 Å². The SMILES string of the molecule is CNC(Cc1cc(F)ccc1C)c1sccc1Cl. The average Bonchev–Trinajstić information content (AvgIpc) is 2.77. The van der Waals surface area contributed by atoms with E-state index in [2.05, 4.69) is 5.32 Å². The first kappa shape index (κ1) is 13.5. The fraction of sp³-hybridized carbons (Fsp3) is 0.286. The van der Waals surface area contributed by atoms with Gasteiger partial charge in [-0.2, -0.15) is 0 Å².